The fraction of sp³-hybridized carbons (Fsp3) is 0.900. The van der Waals surface area contributed by atoms with Crippen LogP contribution in [0, 0.1) is 5.92 Å². The molecule has 1 N–H and O–H groups in total. The molecule has 0 radical (unpaired) electrons. The summed E-state index contributed by atoms with van der Waals surface area (Å²) in [5.41, 5.74) is 0. The third-order valence-electron chi connectivity index (χ3n) is 2.74. The fourth-order valence-corrected chi connectivity index (χ4v) is 3.87. The van der Waals surface area contributed by atoms with E-state index in [1.807, 2.05) is 11.8 Å². The summed E-state index contributed by atoms with van der Waals surface area (Å²) in [6, 6.07) is 0.652. The van der Waals surface area contributed by atoms with Crippen LogP contribution in [0.5, 0.6) is 0 Å². The molecule has 3 unspecified atom stereocenters. The van der Waals surface area contributed by atoms with Gasteiger partial charge < -0.3 is 5.32 Å². The molecule has 80 valence electrons. The van der Waals surface area contributed by atoms with Crippen molar-refractivity contribution < 1.29 is 0 Å². The quantitative estimate of drug-likeness (QED) is 0.747. The molecule has 4 heteroatoms. The first kappa shape index (κ1) is 10.7. The fourth-order valence-electron chi connectivity index (χ4n) is 1.73. The maximum Gasteiger partial charge on any atom is 0.156 e. The summed E-state index contributed by atoms with van der Waals surface area (Å²) in [5.74, 6) is 3.27. The molecule has 0 aromatic carbocycles. The van der Waals surface area contributed by atoms with Gasteiger partial charge in [0.25, 0.3) is 0 Å². The van der Waals surface area contributed by atoms with Gasteiger partial charge in [-0.1, -0.05) is 25.6 Å². The third-order valence-corrected chi connectivity index (χ3v) is 5.32. The SMILES string of the molecule is CC1CN=C(NC2CCSC2C)SC1. The molecule has 0 aromatic rings. The molecule has 2 aliphatic rings. The van der Waals surface area contributed by atoms with E-state index in [4.69, 9.17) is 0 Å². The first-order chi connectivity index (χ1) is 6.75. The number of rotatable bonds is 1. The Morgan fingerprint density at radius 1 is 1.43 bits per heavy atom. The van der Waals surface area contributed by atoms with E-state index in [0.717, 1.165) is 17.7 Å². The Hall–Kier alpha value is 0.170. The first-order valence-electron chi connectivity index (χ1n) is 5.31. The average Bonchev–Trinajstić information content (AvgIpc) is 2.56. The van der Waals surface area contributed by atoms with Crippen LogP contribution in [-0.4, -0.2) is 34.5 Å². The van der Waals surface area contributed by atoms with E-state index >= 15 is 0 Å². The molecular formula is C10H18N2S2. The second-order valence-corrected chi connectivity index (χ2v) is 6.67. The van der Waals surface area contributed by atoms with Gasteiger partial charge in [0.1, 0.15) is 0 Å². The van der Waals surface area contributed by atoms with Crippen LogP contribution in [0.2, 0.25) is 0 Å². The Morgan fingerprint density at radius 3 is 2.86 bits per heavy atom. The van der Waals surface area contributed by atoms with Gasteiger partial charge in [0.2, 0.25) is 0 Å². The second kappa shape index (κ2) is 4.79. The van der Waals surface area contributed by atoms with E-state index in [2.05, 4.69) is 35.9 Å². The largest absolute Gasteiger partial charge is 0.361 e. The average molecular weight is 230 g/mol. The zero-order chi connectivity index (χ0) is 9.97. The molecule has 14 heavy (non-hydrogen) atoms. The molecule has 1 saturated heterocycles. The minimum absolute atomic E-state index is 0.652. The van der Waals surface area contributed by atoms with Crippen molar-refractivity contribution >= 4 is 28.7 Å². The minimum atomic E-state index is 0.652. The van der Waals surface area contributed by atoms with E-state index in [9.17, 15) is 0 Å². The number of amidine groups is 1. The van der Waals surface area contributed by atoms with Gasteiger partial charge in [0.05, 0.1) is 0 Å². The summed E-state index contributed by atoms with van der Waals surface area (Å²) in [6.07, 6.45) is 1.29. The van der Waals surface area contributed by atoms with Gasteiger partial charge in [0, 0.05) is 23.6 Å². The van der Waals surface area contributed by atoms with Gasteiger partial charge in [-0.2, -0.15) is 11.8 Å². The lowest BCUT2D eigenvalue weighted by Crippen LogP contribution is -2.38. The molecule has 0 amide bonds. The summed E-state index contributed by atoms with van der Waals surface area (Å²) in [5, 5.41) is 5.51. The number of hydrogen-bond acceptors (Lipinski definition) is 4. The van der Waals surface area contributed by atoms with E-state index in [1.54, 1.807) is 0 Å². The van der Waals surface area contributed by atoms with Crippen molar-refractivity contribution in [2.75, 3.05) is 18.1 Å². The Kier molecular flexibility index (Phi) is 3.66. The highest BCUT2D eigenvalue weighted by atomic mass is 32.2. The van der Waals surface area contributed by atoms with Gasteiger partial charge in [-0.3, -0.25) is 4.99 Å². The maximum absolute atomic E-state index is 4.57. The summed E-state index contributed by atoms with van der Waals surface area (Å²) in [4.78, 5) is 4.57. The van der Waals surface area contributed by atoms with Gasteiger partial charge in [-0.15, -0.1) is 0 Å². The number of hydrogen-bond donors (Lipinski definition) is 1. The van der Waals surface area contributed by atoms with Crippen molar-refractivity contribution in [1.29, 1.82) is 0 Å². The predicted octanol–water partition coefficient (Wildman–Crippen LogP) is 2.21. The molecule has 1 fully saturated rings. The Balaban J connectivity index is 1.85. The lowest BCUT2D eigenvalue weighted by Gasteiger charge is -2.23. The van der Waals surface area contributed by atoms with Crippen molar-refractivity contribution in [3.8, 4) is 0 Å². The maximum atomic E-state index is 4.57. The van der Waals surface area contributed by atoms with Crippen molar-refractivity contribution in [3.05, 3.63) is 0 Å². The van der Waals surface area contributed by atoms with E-state index in [0.29, 0.717) is 6.04 Å². The van der Waals surface area contributed by atoms with Crippen molar-refractivity contribution in [1.82, 2.24) is 5.32 Å². The van der Waals surface area contributed by atoms with Crippen LogP contribution in [0.15, 0.2) is 4.99 Å². The van der Waals surface area contributed by atoms with Gasteiger partial charge in [0.15, 0.2) is 5.17 Å². The zero-order valence-electron chi connectivity index (χ0n) is 8.82. The summed E-state index contributed by atoms with van der Waals surface area (Å²) in [7, 11) is 0. The van der Waals surface area contributed by atoms with Crippen LogP contribution in [0.4, 0.5) is 0 Å². The van der Waals surface area contributed by atoms with Crippen molar-refractivity contribution in [2.45, 2.75) is 31.6 Å². The third kappa shape index (κ3) is 2.60. The summed E-state index contributed by atoms with van der Waals surface area (Å²) >= 11 is 3.96. The summed E-state index contributed by atoms with van der Waals surface area (Å²) < 4.78 is 0. The van der Waals surface area contributed by atoms with Gasteiger partial charge in [-0.05, 0) is 18.1 Å². The van der Waals surface area contributed by atoms with Gasteiger partial charge in [-0.25, -0.2) is 0 Å². The molecular weight excluding hydrogens is 212 g/mol. The monoisotopic (exact) mass is 230 g/mol. The number of nitrogens with one attached hydrogen (secondary N) is 1. The lowest BCUT2D eigenvalue weighted by molar-refractivity contribution is 0.605. The standard InChI is InChI=1S/C10H18N2S2/c1-7-5-11-10(14-6-7)12-9-3-4-13-8(9)2/h7-9H,3-6H2,1-2H3,(H,11,12). The van der Waals surface area contributed by atoms with Crippen LogP contribution in [0.25, 0.3) is 0 Å². The molecule has 2 rings (SSSR count). The highest BCUT2D eigenvalue weighted by Crippen LogP contribution is 2.27. The van der Waals surface area contributed by atoms with E-state index in [-0.39, 0.29) is 0 Å². The molecule has 0 aromatic heterocycles. The molecule has 0 saturated carbocycles. The Morgan fingerprint density at radius 2 is 2.29 bits per heavy atom. The number of thioether (sulfide) groups is 2. The van der Waals surface area contributed by atoms with Crippen LogP contribution < -0.4 is 5.32 Å². The van der Waals surface area contributed by atoms with Crippen LogP contribution in [-0.2, 0) is 0 Å². The Bertz CT molecular complexity index is 230. The smallest absolute Gasteiger partial charge is 0.156 e. The van der Waals surface area contributed by atoms with Gasteiger partial charge >= 0.3 is 0 Å². The topological polar surface area (TPSA) is 24.4 Å². The molecule has 0 spiro atoms. The normalized spacial score (nSPS) is 38.1. The zero-order valence-corrected chi connectivity index (χ0v) is 10.5. The molecule has 0 aliphatic carbocycles. The highest BCUT2D eigenvalue weighted by Gasteiger charge is 2.25. The van der Waals surface area contributed by atoms with Crippen LogP contribution >= 0.6 is 23.5 Å². The predicted molar refractivity (Wildman–Crippen MR) is 67.4 cm³/mol. The molecule has 0 bridgehead atoms. The number of aliphatic imine (C=N–C) groups is 1. The van der Waals surface area contributed by atoms with E-state index in [1.165, 1.54) is 23.1 Å². The molecule has 2 aliphatic heterocycles. The van der Waals surface area contributed by atoms with Crippen molar-refractivity contribution in [2.24, 2.45) is 10.9 Å². The molecule has 2 heterocycles. The summed E-state index contributed by atoms with van der Waals surface area (Å²) in [6.45, 7) is 5.58. The highest BCUT2D eigenvalue weighted by molar-refractivity contribution is 8.13. The molecule has 2 nitrogen and oxygen atoms in total. The van der Waals surface area contributed by atoms with E-state index < -0.39 is 0 Å². The number of nitrogens with zero attached hydrogens (tertiary/aromatic N) is 1. The van der Waals surface area contributed by atoms with Crippen LogP contribution in [0.3, 0.4) is 0 Å². The first-order valence-corrected chi connectivity index (χ1v) is 7.34. The molecule has 3 atom stereocenters. The second-order valence-electron chi connectivity index (χ2n) is 4.18. The van der Waals surface area contributed by atoms with Crippen molar-refractivity contribution in [3.63, 3.8) is 0 Å². The lowest BCUT2D eigenvalue weighted by atomic mass is 10.2. The Labute approximate surface area is 94.7 Å². The minimum Gasteiger partial charge on any atom is -0.361 e. The van der Waals surface area contributed by atoms with Crippen LogP contribution in [0.1, 0.15) is 20.3 Å².